The maximum absolute atomic E-state index is 14.0. The molecule has 0 spiro atoms. The van der Waals surface area contributed by atoms with Gasteiger partial charge in [0.1, 0.15) is 5.76 Å². The molecule has 4 aromatic rings. The zero-order valence-electron chi connectivity index (χ0n) is 19.6. The van der Waals surface area contributed by atoms with Crippen molar-refractivity contribution in [2.24, 2.45) is 0 Å². The Morgan fingerprint density at radius 3 is 2.17 bits per heavy atom. The minimum atomic E-state index is -3.89. The summed E-state index contributed by atoms with van der Waals surface area (Å²) in [6.07, 6.45) is 0. The van der Waals surface area contributed by atoms with Gasteiger partial charge in [-0.3, -0.25) is 4.31 Å². The Bertz CT molecular complexity index is 1620. The number of anilines is 1. The fourth-order valence-corrected chi connectivity index (χ4v) is 6.53. The number of nitrogens with zero attached hydrogens (tertiary/aromatic N) is 1. The third kappa shape index (κ3) is 3.53. The Balaban J connectivity index is 1.62. The molecule has 5 nitrogen and oxygen atoms in total. The maximum Gasteiger partial charge on any atom is 0.344 e. The third-order valence-corrected chi connectivity index (χ3v) is 8.57. The zero-order valence-corrected chi connectivity index (χ0v) is 20.4. The van der Waals surface area contributed by atoms with Crippen LogP contribution in [-0.2, 0) is 14.8 Å². The molecule has 0 aromatic heterocycles. The van der Waals surface area contributed by atoms with Gasteiger partial charge in [-0.2, -0.15) is 0 Å². The van der Waals surface area contributed by atoms with Gasteiger partial charge in [0.2, 0.25) is 0 Å². The molecule has 0 fully saturated rings. The van der Waals surface area contributed by atoms with Gasteiger partial charge in [0.25, 0.3) is 10.0 Å². The number of ether oxygens (including phenoxy) is 1. The lowest BCUT2D eigenvalue weighted by molar-refractivity contribution is 0.0714. The van der Waals surface area contributed by atoms with Crippen molar-refractivity contribution >= 4 is 27.4 Å². The molecule has 0 aliphatic carbocycles. The van der Waals surface area contributed by atoms with Crippen molar-refractivity contribution in [3.8, 4) is 0 Å². The second-order valence-electron chi connectivity index (χ2n) is 9.02. The number of benzene rings is 4. The third-order valence-electron chi connectivity index (χ3n) is 6.80. The molecule has 36 heavy (non-hydrogen) atoms. The number of fused-ring (bicyclic) bond motifs is 2. The van der Waals surface area contributed by atoms with E-state index in [1.54, 1.807) is 36.4 Å². The van der Waals surface area contributed by atoms with Crippen LogP contribution in [0.4, 0.5) is 5.69 Å². The molecular formula is C30H23NO4S. The highest BCUT2D eigenvalue weighted by atomic mass is 32.2. The summed E-state index contributed by atoms with van der Waals surface area (Å²) < 4.78 is 35.2. The quantitative estimate of drug-likeness (QED) is 0.333. The van der Waals surface area contributed by atoms with E-state index < -0.39 is 16.0 Å². The molecule has 2 aliphatic heterocycles. The summed E-state index contributed by atoms with van der Waals surface area (Å²) in [6.45, 7) is 1.98. The van der Waals surface area contributed by atoms with E-state index in [9.17, 15) is 13.2 Å². The topological polar surface area (TPSA) is 63.7 Å². The van der Waals surface area contributed by atoms with Crippen LogP contribution in [0.2, 0.25) is 0 Å². The van der Waals surface area contributed by atoms with Crippen molar-refractivity contribution in [1.29, 1.82) is 0 Å². The lowest BCUT2D eigenvalue weighted by Gasteiger charge is -2.37. The van der Waals surface area contributed by atoms with E-state index in [0.29, 0.717) is 22.6 Å². The summed E-state index contributed by atoms with van der Waals surface area (Å²) in [6, 6.07) is 31.6. The second kappa shape index (κ2) is 8.50. The number of hydrogen-bond acceptors (Lipinski definition) is 4. The predicted octanol–water partition coefficient (Wildman–Crippen LogP) is 5.92. The highest BCUT2D eigenvalue weighted by molar-refractivity contribution is 7.92. The van der Waals surface area contributed by atoms with E-state index in [1.807, 2.05) is 73.7 Å². The van der Waals surface area contributed by atoms with Gasteiger partial charge in [-0.25, -0.2) is 13.2 Å². The molecule has 2 aliphatic rings. The van der Waals surface area contributed by atoms with E-state index in [4.69, 9.17) is 4.74 Å². The molecular weight excluding hydrogens is 470 g/mol. The average Bonchev–Trinajstić information content (AvgIpc) is 3.24. The van der Waals surface area contributed by atoms with Crippen molar-refractivity contribution in [2.75, 3.05) is 10.8 Å². The first-order valence-corrected chi connectivity index (χ1v) is 13.2. The molecule has 1 unspecified atom stereocenters. The standard InChI is InChI=1S/C30H23NO4S/c1-20-15-17-22(18-16-20)36(33,34)31-19-26(29-23-11-5-6-12-24(23)30(32)35-29)28(21-9-3-2-4-10-21)25-13-7-8-14-27(25)31/h2-18,28H,19H2,1H3/b29-26+. The van der Waals surface area contributed by atoms with Gasteiger partial charge in [-0.1, -0.05) is 84.4 Å². The molecule has 6 heteroatoms. The predicted molar refractivity (Wildman–Crippen MR) is 139 cm³/mol. The molecule has 0 radical (unpaired) electrons. The number of aryl methyl sites for hydroxylation is 1. The van der Waals surface area contributed by atoms with Gasteiger partial charge in [-0.15, -0.1) is 0 Å². The van der Waals surface area contributed by atoms with Crippen LogP contribution >= 0.6 is 0 Å². The van der Waals surface area contributed by atoms with Crippen molar-refractivity contribution in [1.82, 2.24) is 0 Å². The first kappa shape index (κ1) is 22.3. The second-order valence-corrected chi connectivity index (χ2v) is 10.9. The van der Waals surface area contributed by atoms with Crippen molar-refractivity contribution in [2.45, 2.75) is 17.7 Å². The van der Waals surface area contributed by atoms with Gasteiger partial charge in [0.15, 0.2) is 0 Å². The van der Waals surface area contributed by atoms with Gasteiger partial charge in [0.05, 0.1) is 22.7 Å². The molecule has 178 valence electrons. The number of cyclic esters (lactones) is 1. The Kier molecular flexibility index (Phi) is 5.27. The Hall–Kier alpha value is -4.16. The van der Waals surface area contributed by atoms with E-state index in [-0.39, 0.29) is 17.4 Å². The fourth-order valence-electron chi connectivity index (χ4n) is 5.06. The minimum absolute atomic E-state index is 0.0593. The van der Waals surface area contributed by atoms with Crippen molar-refractivity contribution in [3.63, 3.8) is 0 Å². The minimum Gasteiger partial charge on any atom is -0.422 e. The van der Waals surface area contributed by atoms with E-state index in [2.05, 4.69) is 0 Å². The normalized spacial score (nSPS) is 19.0. The number of sulfonamides is 1. The highest BCUT2D eigenvalue weighted by Crippen LogP contribution is 2.48. The number of carbonyl (C=O) groups is 1. The summed E-state index contributed by atoms with van der Waals surface area (Å²) >= 11 is 0. The molecule has 0 saturated carbocycles. The number of esters is 1. The van der Waals surface area contributed by atoms with Crippen LogP contribution in [0.5, 0.6) is 0 Å². The van der Waals surface area contributed by atoms with E-state index in [1.165, 1.54) is 4.31 Å². The molecule has 0 N–H and O–H groups in total. The van der Waals surface area contributed by atoms with Crippen LogP contribution in [0.25, 0.3) is 5.76 Å². The van der Waals surface area contributed by atoms with Crippen molar-refractivity contribution < 1.29 is 17.9 Å². The van der Waals surface area contributed by atoms with Crippen LogP contribution in [-0.4, -0.2) is 20.9 Å². The van der Waals surface area contributed by atoms with Crippen LogP contribution in [0.15, 0.2) is 114 Å². The average molecular weight is 494 g/mol. The molecule has 0 saturated heterocycles. The zero-order chi connectivity index (χ0) is 24.9. The largest absolute Gasteiger partial charge is 0.422 e. The number of para-hydroxylation sites is 1. The lowest BCUT2D eigenvalue weighted by Crippen LogP contribution is -2.38. The summed E-state index contributed by atoms with van der Waals surface area (Å²) in [7, 11) is -3.89. The summed E-state index contributed by atoms with van der Waals surface area (Å²) in [5.74, 6) is -0.268. The SMILES string of the molecule is Cc1ccc(S(=O)(=O)N2C/C(=C3\OC(=O)c4ccccc43)C(c3ccccc3)c3ccccc32)cc1. The van der Waals surface area contributed by atoms with Crippen LogP contribution in [0.1, 0.15) is 38.5 Å². The van der Waals surface area contributed by atoms with Gasteiger partial charge in [0, 0.05) is 17.1 Å². The number of carbonyl (C=O) groups excluding carboxylic acids is 1. The monoisotopic (exact) mass is 493 g/mol. The van der Waals surface area contributed by atoms with Crippen molar-refractivity contribution in [3.05, 3.63) is 137 Å². The Labute approximate surface area is 210 Å². The Morgan fingerprint density at radius 2 is 1.42 bits per heavy atom. The molecule has 1 atom stereocenters. The van der Waals surface area contributed by atoms with Crippen LogP contribution in [0.3, 0.4) is 0 Å². The summed E-state index contributed by atoms with van der Waals surface area (Å²) in [4.78, 5) is 13.0. The first-order valence-electron chi connectivity index (χ1n) is 11.7. The molecule has 4 aromatic carbocycles. The maximum atomic E-state index is 14.0. The van der Waals surface area contributed by atoms with Gasteiger partial charge in [-0.05, 0) is 42.3 Å². The van der Waals surface area contributed by atoms with E-state index >= 15 is 0 Å². The van der Waals surface area contributed by atoms with Crippen LogP contribution in [0, 0.1) is 6.92 Å². The van der Waals surface area contributed by atoms with E-state index in [0.717, 1.165) is 22.3 Å². The highest BCUT2D eigenvalue weighted by Gasteiger charge is 2.40. The number of hydrogen-bond donors (Lipinski definition) is 0. The molecule has 0 bridgehead atoms. The molecule has 0 amide bonds. The summed E-state index contributed by atoms with van der Waals surface area (Å²) in [5, 5.41) is 0. The molecule has 2 heterocycles. The summed E-state index contributed by atoms with van der Waals surface area (Å²) in [5.41, 5.74) is 5.34. The lowest BCUT2D eigenvalue weighted by atomic mass is 9.80. The van der Waals surface area contributed by atoms with Crippen LogP contribution < -0.4 is 4.31 Å². The molecule has 6 rings (SSSR count). The smallest absolute Gasteiger partial charge is 0.344 e. The number of rotatable bonds is 3. The first-order chi connectivity index (χ1) is 17.4. The van der Waals surface area contributed by atoms with Gasteiger partial charge >= 0.3 is 5.97 Å². The Morgan fingerprint density at radius 1 is 0.778 bits per heavy atom. The van der Waals surface area contributed by atoms with Gasteiger partial charge < -0.3 is 4.74 Å². The fraction of sp³-hybridized carbons (Fsp3) is 0.100.